The highest BCUT2D eigenvalue weighted by Gasteiger charge is 2.24. The highest BCUT2D eigenvalue weighted by atomic mass is 32.2. The zero-order valence-corrected chi connectivity index (χ0v) is 13.5. The molecule has 0 radical (unpaired) electrons. The topological polar surface area (TPSA) is 119 Å². The highest BCUT2D eigenvalue weighted by Crippen LogP contribution is 2.27. The molecule has 0 aromatic carbocycles. The smallest absolute Gasteiger partial charge is 0.249 e. The number of thiazole rings is 1. The monoisotopic (exact) mass is 327 g/mol. The van der Waals surface area contributed by atoms with Crippen LogP contribution in [0.2, 0.25) is 0 Å². The van der Waals surface area contributed by atoms with Crippen molar-refractivity contribution in [2.24, 2.45) is 10.6 Å². The summed E-state index contributed by atoms with van der Waals surface area (Å²) in [5.74, 6) is -0.0939. The number of aryl methyl sites for hydroxylation is 1. The number of nitrogens with one attached hydrogen (secondary N) is 1. The summed E-state index contributed by atoms with van der Waals surface area (Å²) in [7, 11) is -7.46. The first-order chi connectivity index (χ1) is 8.30. The van der Waals surface area contributed by atoms with E-state index >= 15 is 0 Å². The molecule has 0 amide bonds. The van der Waals surface area contributed by atoms with Crippen LogP contribution >= 0.6 is 11.3 Å². The first-order valence-corrected chi connectivity index (χ1v) is 9.32. The van der Waals surface area contributed by atoms with E-state index in [4.69, 9.17) is 5.14 Å². The van der Waals surface area contributed by atoms with E-state index in [-0.39, 0.29) is 20.8 Å². The Hall–Kier alpha value is -0.710. The predicted molar refractivity (Wildman–Crippen MR) is 75.1 cm³/mol. The van der Waals surface area contributed by atoms with Crippen molar-refractivity contribution in [3.8, 4) is 0 Å². The van der Waals surface area contributed by atoms with E-state index < -0.39 is 25.5 Å². The lowest BCUT2D eigenvalue weighted by atomic mass is 10.0. The average Bonchev–Trinajstić information content (AvgIpc) is 2.39. The standard InChI is InChI=1S/C9H17N3O4S3/c1-6-7(19(10,15)16)17-8(11-6)12-18(13,14)5-9(2,3)4/h5H2,1-4H3,(H,11,12)(H2,10,15,16). The van der Waals surface area contributed by atoms with Gasteiger partial charge >= 0.3 is 0 Å². The molecular weight excluding hydrogens is 310 g/mol. The SMILES string of the molecule is Cc1nc(NS(=O)(=O)CC(C)(C)C)sc1S(N)(=O)=O. The van der Waals surface area contributed by atoms with Gasteiger partial charge < -0.3 is 0 Å². The number of anilines is 1. The van der Waals surface area contributed by atoms with Gasteiger partial charge in [-0.15, -0.1) is 0 Å². The molecule has 0 spiro atoms. The summed E-state index contributed by atoms with van der Waals surface area (Å²) in [6, 6.07) is 0. The molecule has 7 nitrogen and oxygen atoms in total. The molecule has 1 aromatic rings. The molecule has 110 valence electrons. The van der Waals surface area contributed by atoms with Crippen molar-refractivity contribution >= 4 is 36.5 Å². The third kappa shape index (κ3) is 5.05. The van der Waals surface area contributed by atoms with E-state index in [9.17, 15) is 16.8 Å². The maximum absolute atomic E-state index is 11.9. The molecule has 0 aliphatic rings. The van der Waals surface area contributed by atoms with Crippen molar-refractivity contribution in [1.29, 1.82) is 0 Å². The third-order valence-electron chi connectivity index (χ3n) is 1.88. The summed E-state index contributed by atoms with van der Waals surface area (Å²) in [5, 5.41) is 5.01. The largest absolute Gasteiger partial charge is 0.259 e. The van der Waals surface area contributed by atoms with E-state index in [0.29, 0.717) is 11.3 Å². The summed E-state index contributed by atoms with van der Waals surface area (Å²) < 4.78 is 48.3. The number of rotatable bonds is 4. The van der Waals surface area contributed by atoms with Gasteiger partial charge in [0.2, 0.25) is 20.0 Å². The van der Waals surface area contributed by atoms with Crippen LogP contribution in [0.3, 0.4) is 0 Å². The van der Waals surface area contributed by atoms with Gasteiger partial charge in [-0.3, -0.25) is 4.72 Å². The van der Waals surface area contributed by atoms with Crippen LogP contribution in [0, 0.1) is 12.3 Å². The summed E-state index contributed by atoms with van der Waals surface area (Å²) in [5.41, 5.74) is -0.234. The molecule has 1 heterocycles. The lowest BCUT2D eigenvalue weighted by Gasteiger charge is -2.17. The van der Waals surface area contributed by atoms with Gasteiger partial charge in [-0.2, -0.15) is 0 Å². The van der Waals surface area contributed by atoms with Crippen LogP contribution in [0.1, 0.15) is 26.5 Å². The molecule has 0 aliphatic carbocycles. The molecule has 0 bridgehead atoms. The molecule has 19 heavy (non-hydrogen) atoms. The molecular formula is C9H17N3O4S3. The van der Waals surface area contributed by atoms with Gasteiger partial charge in [-0.25, -0.2) is 27.0 Å². The summed E-state index contributed by atoms with van der Waals surface area (Å²) in [6.07, 6.45) is 0. The number of hydrogen-bond donors (Lipinski definition) is 2. The first kappa shape index (κ1) is 16.3. The van der Waals surface area contributed by atoms with Gasteiger partial charge in [-0.05, 0) is 12.3 Å². The molecule has 0 saturated carbocycles. The van der Waals surface area contributed by atoms with Crippen LogP contribution in [-0.4, -0.2) is 27.6 Å². The molecule has 3 N–H and O–H groups in total. The van der Waals surface area contributed by atoms with Crippen LogP contribution in [-0.2, 0) is 20.0 Å². The minimum absolute atomic E-state index is 0.00535. The molecule has 1 aromatic heterocycles. The number of nitrogens with zero attached hydrogens (tertiary/aromatic N) is 1. The highest BCUT2D eigenvalue weighted by molar-refractivity contribution is 7.93. The van der Waals surface area contributed by atoms with Crippen LogP contribution in [0.25, 0.3) is 0 Å². The minimum Gasteiger partial charge on any atom is -0.259 e. The summed E-state index contributed by atoms with van der Waals surface area (Å²) in [4.78, 5) is 3.86. The van der Waals surface area contributed by atoms with Crippen molar-refractivity contribution in [3.63, 3.8) is 0 Å². The van der Waals surface area contributed by atoms with Crippen LogP contribution < -0.4 is 9.86 Å². The fourth-order valence-corrected chi connectivity index (χ4v) is 5.21. The summed E-state index contributed by atoms with van der Waals surface area (Å²) >= 11 is 0.705. The van der Waals surface area contributed by atoms with E-state index in [1.807, 2.05) is 0 Å². The molecule has 0 fully saturated rings. The Labute approximate surface area is 117 Å². The second-order valence-corrected chi connectivity index (χ2v) is 9.84. The summed E-state index contributed by atoms with van der Waals surface area (Å²) in [6.45, 7) is 6.82. The Morgan fingerprint density at radius 3 is 2.16 bits per heavy atom. The third-order valence-corrected chi connectivity index (χ3v) is 6.38. The van der Waals surface area contributed by atoms with E-state index in [1.165, 1.54) is 6.92 Å². The van der Waals surface area contributed by atoms with Gasteiger partial charge in [0.25, 0.3) is 0 Å². The Bertz CT molecular complexity index is 668. The van der Waals surface area contributed by atoms with E-state index in [0.717, 1.165) is 0 Å². The second-order valence-electron chi connectivity index (χ2n) is 5.36. The maximum atomic E-state index is 11.9. The van der Waals surface area contributed by atoms with E-state index in [2.05, 4.69) is 9.71 Å². The second kappa shape index (κ2) is 5.00. The van der Waals surface area contributed by atoms with Gasteiger partial charge in [0.15, 0.2) is 9.34 Å². The van der Waals surface area contributed by atoms with Crippen LogP contribution in [0.5, 0.6) is 0 Å². The average molecular weight is 327 g/mol. The Balaban J connectivity index is 3.03. The zero-order valence-electron chi connectivity index (χ0n) is 11.1. The quantitative estimate of drug-likeness (QED) is 0.851. The Morgan fingerprint density at radius 1 is 1.26 bits per heavy atom. The molecule has 0 aliphatic heterocycles. The number of nitrogens with two attached hydrogens (primary N) is 1. The number of sulfonamides is 2. The van der Waals surface area contributed by atoms with Crippen LogP contribution in [0.4, 0.5) is 5.13 Å². The number of aromatic nitrogens is 1. The van der Waals surface area contributed by atoms with Gasteiger partial charge in [0.05, 0.1) is 11.4 Å². The zero-order chi connectivity index (χ0) is 15.1. The van der Waals surface area contributed by atoms with Crippen molar-refractivity contribution in [2.45, 2.75) is 31.9 Å². The van der Waals surface area contributed by atoms with Crippen molar-refractivity contribution in [3.05, 3.63) is 5.69 Å². The van der Waals surface area contributed by atoms with E-state index in [1.54, 1.807) is 20.8 Å². The van der Waals surface area contributed by atoms with Crippen molar-refractivity contribution < 1.29 is 16.8 Å². The molecule has 1 rings (SSSR count). The van der Waals surface area contributed by atoms with Gasteiger partial charge in [-0.1, -0.05) is 32.1 Å². The lowest BCUT2D eigenvalue weighted by Crippen LogP contribution is -2.26. The lowest BCUT2D eigenvalue weighted by molar-refractivity contribution is 0.463. The molecule has 0 saturated heterocycles. The van der Waals surface area contributed by atoms with Crippen molar-refractivity contribution in [2.75, 3.05) is 10.5 Å². The Morgan fingerprint density at radius 2 is 1.79 bits per heavy atom. The molecule has 10 heteroatoms. The normalized spacial score (nSPS) is 13.5. The fourth-order valence-electron chi connectivity index (χ4n) is 1.43. The predicted octanol–water partition coefficient (Wildman–Crippen LogP) is 0.887. The number of primary sulfonamides is 1. The first-order valence-electron chi connectivity index (χ1n) is 5.31. The van der Waals surface area contributed by atoms with Crippen LogP contribution in [0.15, 0.2) is 4.21 Å². The fraction of sp³-hybridized carbons (Fsp3) is 0.667. The molecule has 0 unspecified atom stereocenters. The van der Waals surface area contributed by atoms with Gasteiger partial charge in [0, 0.05) is 0 Å². The minimum atomic E-state index is -3.88. The van der Waals surface area contributed by atoms with Gasteiger partial charge in [0.1, 0.15) is 0 Å². The molecule has 0 atom stereocenters. The van der Waals surface area contributed by atoms with Crippen molar-refractivity contribution in [1.82, 2.24) is 4.98 Å². The maximum Gasteiger partial charge on any atom is 0.249 e. The number of hydrogen-bond acceptors (Lipinski definition) is 6. The Kier molecular flexibility index (Phi) is 4.30.